The monoisotopic (exact) mass is 333 g/mol. The molecule has 0 aliphatic carbocycles. The summed E-state index contributed by atoms with van der Waals surface area (Å²) in [5.74, 6) is -2.64. The van der Waals surface area contributed by atoms with Crippen LogP contribution in [0, 0.1) is 0 Å². The Kier molecular flexibility index (Phi) is 5.80. The molecule has 6 N–H and O–H groups in total. The second-order valence-corrected chi connectivity index (χ2v) is 5.04. The number of hydrogen-bond donors (Lipinski definition) is 4. The van der Waals surface area contributed by atoms with Crippen LogP contribution in [0.25, 0.3) is 0 Å². The molecule has 1 unspecified atom stereocenters. The number of carbonyl (C=O) groups excluding carboxylic acids is 2. The van der Waals surface area contributed by atoms with Gasteiger partial charge in [-0.3, -0.25) is 9.59 Å². The van der Waals surface area contributed by atoms with Crippen molar-refractivity contribution >= 4 is 46.7 Å². The predicted octanol–water partition coefficient (Wildman–Crippen LogP) is 1.02. The summed E-state index contributed by atoms with van der Waals surface area (Å²) >= 11 is 11.6. The van der Waals surface area contributed by atoms with Gasteiger partial charge in [-0.25, -0.2) is 4.79 Å². The van der Waals surface area contributed by atoms with E-state index < -0.39 is 23.8 Å². The number of amides is 2. The number of nitrogen functional groups attached to an aromatic ring is 1. The van der Waals surface area contributed by atoms with Crippen molar-refractivity contribution in [2.24, 2.45) is 5.73 Å². The molecule has 9 heteroatoms. The van der Waals surface area contributed by atoms with Gasteiger partial charge in [0.25, 0.3) is 5.91 Å². The lowest BCUT2D eigenvalue weighted by atomic mass is 10.1. The summed E-state index contributed by atoms with van der Waals surface area (Å²) in [5.41, 5.74) is 10.7. The molecular weight excluding hydrogens is 321 g/mol. The molecule has 0 bridgehead atoms. The molecule has 0 saturated heterocycles. The molecule has 1 atom stereocenters. The first-order valence-corrected chi connectivity index (χ1v) is 6.54. The van der Waals surface area contributed by atoms with Crippen LogP contribution in [0.4, 0.5) is 5.69 Å². The Labute approximate surface area is 130 Å². The maximum absolute atomic E-state index is 12.0. The van der Waals surface area contributed by atoms with Crippen molar-refractivity contribution in [1.82, 2.24) is 5.32 Å². The third-order valence-corrected chi connectivity index (χ3v) is 3.25. The molecule has 0 radical (unpaired) electrons. The number of benzene rings is 1. The first-order valence-electron chi connectivity index (χ1n) is 5.79. The third-order valence-electron chi connectivity index (χ3n) is 2.62. The van der Waals surface area contributed by atoms with Crippen molar-refractivity contribution in [3.05, 3.63) is 27.7 Å². The van der Waals surface area contributed by atoms with Gasteiger partial charge in [0.15, 0.2) is 0 Å². The highest BCUT2D eigenvalue weighted by atomic mass is 35.5. The minimum Gasteiger partial charge on any atom is -0.480 e. The fourth-order valence-electron chi connectivity index (χ4n) is 1.50. The molecule has 0 saturated carbocycles. The van der Waals surface area contributed by atoms with E-state index in [2.05, 4.69) is 5.32 Å². The van der Waals surface area contributed by atoms with Crippen LogP contribution in [-0.4, -0.2) is 28.9 Å². The minimum atomic E-state index is -1.28. The Morgan fingerprint density at radius 2 is 1.76 bits per heavy atom. The van der Waals surface area contributed by atoms with Gasteiger partial charge in [0.1, 0.15) is 6.04 Å². The van der Waals surface area contributed by atoms with Gasteiger partial charge in [-0.2, -0.15) is 0 Å². The van der Waals surface area contributed by atoms with E-state index >= 15 is 0 Å². The average molecular weight is 334 g/mol. The van der Waals surface area contributed by atoms with Crippen LogP contribution in [0.5, 0.6) is 0 Å². The predicted molar refractivity (Wildman–Crippen MR) is 78.2 cm³/mol. The molecule has 0 aliphatic rings. The number of aliphatic carboxylic acids is 1. The van der Waals surface area contributed by atoms with Crippen molar-refractivity contribution in [3.63, 3.8) is 0 Å². The lowest BCUT2D eigenvalue weighted by molar-refractivity contribution is -0.139. The number of carbonyl (C=O) groups is 3. The maximum Gasteiger partial charge on any atom is 0.326 e. The lowest BCUT2D eigenvalue weighted by Crippen LogP contribution is -2.41. The minimum absolute atomic E-state index is 0.0597. The zero-order chi connectivity index (χ0) is 16.2. The van der Waals surface area contributed by atoms with Gasteiger partial charge >= 0.3 is 5.97 Å². The van der Waals surface area contributed by atoms with Gasteiger partial charge in [-0.05, 0) is 18.6 Å². The van der Waals surface area contributed by atoms with E-state index in [4.69, 9.17) is 39.8 Å². The first kappa shape index (κ1) is 17.1. The molecule has 2 amide bonds. The molecule has 0 aromatic heterocycles. The summed E-state index contributed by atoms with van der Waals surface area (Å²) in [5, 5.41) is 11.4. The van der Waals surface area contributed by atoms with E-state index in [9.17, 15) is 14.4 Å². The van der Waals surface area contributed by atoms with Crippen LogP contribution in [0.3, 0.4) is 0 Å². The number of carboxylic acids is 1. The topological polar surface area (TPSA) is 136 Å². The molecule has 1 aromatic carbocycles. The van der Waals surface area contributed by atoms with E-state index in [-0.39, 0.29) is 34.1 Å². The third kappa shape index (κ3) is 4.80. The summed E-state index contributed by atoms with van der Waals surface area (Å²) in [6.45, 7) is 0. The molecule has 0 spiro atoms. The number of nitrogens with two attached hydrogens (primary N) is 2. The van der Waals surface area contributed by atoms with Crippen LogP contribution in [0.1, 0.15) is 23.2 Å². The SMILES string of the molecule is NC(=O)CCC(NC(=O)c1cc(Cl)c(N)c(Cl)c1)C(=O)O. The van der Waals surface area contributed by atoms with Crippen LogP contribution >= 0.6 is 23.2 Å². The normalized spacial score (nSPS) is 11.7. The van der Waals surface area contributed by atoms with Crippen LogP contribution in [-0.2, 0) is 9.59 Å². The lowest BCUT2D eigenvalue weighted by Gasteiger charge is -2.14. The Morgan fingerprint density at radius 3 is 2.19 bits per heavy atom. The Balaban J connectivity index is 2.87. The van der Waals surface area contributed by atoms with Gasteiger partial charge in [-0.1, -0.05) is 23.2 Å². The summed E-state index contributed by atoms with van der Waals surface area (Å²) in [7, 11) is 0. The molecule has 1 rings (SSSR count). The highest BCUT2D eigenvalue weighted by molar-refractivity contribution is 6.39. The molecule has 21 heavy (non-hydrogen) atoms. The molecular formula is C12H13Cl2N3O4. The van der Waals surface area contributed by atoms with E-state index in [1.165, 1.54) is 12.1 Å². The second-order valence-electron chi connectivity index (χ2n) is 4.22. The maximum atomic E-state index is 12.0. The second kappa shape index (κ2) is 7.14. The average Bonchev–Trinajstić information content (AvgIpc) is 2.39. The van der Waals surface area contributed by atoms with Crippen LogP contribution < -0.4 is 16.8 Å². The van der Waals surface area contributed by atoms with Crippen molar-refractivity contribution in [2.75, 3.05) is 5.73 Å². The van der Waals surface area contributed by atoms with Crippen LogP contribution in [0.2, 0.25) is 10.0 Å². The van der Waals surface area contributed by atoms with Crippen molar-refractivity contribution in [1.29, 1.82) is 0 Å². The number of halogens is 2. The number of nitrogens with one attached hydrogen (secondary N) is 1. The molecule has 1 aromatic rings. The number of carboxylic acid groups (broad SMARTS) is 1. The summed E-state index contributed by atoms with van der Waals surface area (Å²) in [6, 6.07) is 1.29. The quantitative estimate of drug-likeness (QED) is 0.576. The van der Waals surface area contributed by atoms with E-state index in [0.717, 1.165) is 0 Å². The summed E-state index contributed by atoms with van der Waals surface area (Å²) < 4.78 is 0. The highest BCUT2D eigenvalue weighted by Gasteiger charge is 2.22. The molecule has 0 heterocycles. The zero-order valence-corrected chi connectivity index (χ0v) is 12.2. The Bertz CT molecular complexity index is 569. The van der Waals surface area contributed by atoms with Crippen molar-refractivity contribution in [3.8, 4) is 0 Å². The Morgan fingerprint density at radius 1 is 1.24 bits per heavy atom. The Hall–Kier alpha value is -1.99. The van der Waals surface area contributed by atoms with Crippen molar-refractivity contribution in [2.45, 2.75) is 18.9 Å². The number of primary amides is 1. The van der Waals surface area contributed by atoms with Gasteiger partial charge in [0.2, 0.25) is 5.91 Å². The van der Waals surface area contributed by atoms with E-state index in [1.54, 1.807) is 0 Å². The zero-order valence-electron chi connectivity index (χ0n) is 10.7. The smallest absolute Gasteiger partial charge is 0.326 e. The first-order chi connectivity index (χ1) is 9.72. The number of rotatable bonds is 6. The molecule has 0 fully saturated rings. The summed E-state index contributed by atoms with van der Waals surface area (Å²) in [4.78, 5) is 33.7. The molecule has 0 aliphatic heterocycles. The van der Waals surface area contributed by atoms with Gasteiger partial charge in [0, 0.05) is 12.0 Å². The van der Waals surface area contributed by atoms with Crippen molar-refractivity contribution < 1.29 is 19.5 Å². The fraction of sp³-hybridized carbons (Fsp3) is 0.250. The van der Waals surface area contributed by atoms with Gasteiger partial charge in [-0.15, -0.1) is 0 Å². The van der Waals surface area contributed by atoms with E-state index in [1.807, 2.05) is 0 Å². The largest absolute Gasteiger partial charge is 0.480 e. The summed E-state index contributed by atoms with van der Waals surface area (Å²) in [6.07, 6.45) is -0.284. The van der Waals surface area contributed by atoms with Crippen LogP contribution in [0.15, 0.2) is 12.1 Å². The fourth-order valence-corrected chi connectivity index (χ4v) is 1.99. The van der Waals surface area contributed by atoms with Gasteiger partial charge < -0.3 is 21.9 Å². The highest BCUT2D eigenvalue weighted by Crippen LogP contribution is 2.28. The number of hydrogen-bond acceptors (Lipinski definition) is 4. The van der Waals surface area contributed by atoms with E-state index in [0.29, 0.717) is 0 Å². The van der Waals surface area contributed by atoms with Gasteiger partial charge in [0.05, 0.1) is 15.7 Å². The standard InChI is InChI=1S/C12H13Cl2N3O4/c13-6-3-5(4-7(14)10(6)16)11(19)17-8(12(20)21)1-2-9(15)18/h3-4,8H,1-2,16H2,(H2,15,18)(H,17,19)(H,20,21). The molecule has 7 nitrogen and oxygen atoms in total. The molecule has 114 valence electrons. The number of anilines is 1.